The molecular formula is C20H36N4O4S. The monoisotopic (exact) mass is 428 g/mol. The van der Waals surface area contributed by atoms with E-state index in [-0.39, 0.29) is 29.8 Å². The molecule has 2 aliphatic rings. The Balaban J connectivity index is 1.35. The molecule has 0 saturated carbocycles. The van der Waals surface area contributed by atoms with Crippen molar-refractivity contribution in [3.8, 4) is 0 Å². The highest BCUT2D eigenvalue weighted by Crippen LogP contribution is 2.33. The van der Waals surface area contributed by atoms with Gasteiger partial charge in [-0.25, -0.2) is 4.79 Å². The Kier molecular flexibility index (Phi) is 11.4. The fourth-order valence-electron chi connectivity index (χ4n) is 3.61. The van der Waals surface area contributed by atoms with Crippen LogP contribution in [0.4, 0.5) is 4.79 Å². The maximum atomic E-state index is 11.9. The topological polar surface area (TPSA) is 109 Å². The number of Topliss-reactive ketones (excluding diaryl/α,β-unsaturated/α-hetero) is 1. The molecule has 8 nitrogen and oxygen atoms in total. The van der Waals surface area contributed by atoms with Crippen LogP contribution in [0.25, 0.3) is 0 Å². The Labute approximate surface area is 178 Å². The lowest BCUT2D eigenvalue weighted by Gasteiger charge is -2.16. The van der Waals surface area contributed by atoms with Crippen LogP contribution in [0.15, 0.2) is 0 Å². The summed E-state index contributed by atoms with van der Waals surface area (Å²) in [6.07, 6.45) is 5.48. The summed E-state index contributed by atoms with van der Waals surface area (Å²) in [5.74, 6) is 1.32. The van der Waals surface area contributed by atoms with Crippen molar-refractivity contribution in [3.63, 3.8) is 0 Å². The molecule has 0 unspecified atom stereocenters. The summed E-state index contributed by atoms with van der Waals surface area (Å²) in [5.41, 5.74) is 0. The minimum absolute atomic E-state index is 0.0491. The van der Waals surface area contributed by atoms with Gasteiger partial charge >= 0.3 is 6.03 Å². The molecule has 0 aromatic heterocycles. The molecule has 166 valence electrons. The van der Waals surface area contributed by atoms with Crippen molar-refractivity contribution in [3.05, 3.63) is 0 Å². The fourth-order valence-corrected chi connectivity index (χ4v) is 5.16. The Morgan fingerprint density at radius 3 is 2.79 bits per heavy atom. The van der Waals surface area contributed by atoms with E-state index in [9.17, 15) is 14.4 Å². The number of carbonyl (C=O) groups is 3. The van der Waals surface area contributed by atoms with Gasteiger partial charge in [0.2, 0.25) is 5.91 Å². The third kappa shape index (κ3) is 9.35. The second-order valence-corrected chi connectivity index (χ2v) is 8.89. The molecule has 2 heterocycles. The van der Waals surface area contributed by atoms with Gasteiger partial charge in [0.15, 0.2) is 0 Å². The van der Waals surface area contributed by atoms with E-state index in [0.29, 0.717) is 57.4 Å². The van der Waals surface area contributed by atoms with E-state index in [1.54, 1.807) is 0 Å². The van der Waals surface area contributed by atoms with Crippen LogP contribution in [0.5, 0.6) is 0 Å². The number of fused-ring (bicyclic) bond motifs is 1. The maximum Gasteiger partial charge on any atom is 0.315 e. The minimum atomic E-state index is -0.0491. The van der Waals surface area contributed by atoms with Crippen molar-refractivity contribution < 1.29 is 19.1 Å². The van der Waals surface area contributed by atoms with Crippen molar-refractivity contribution in [2.75, 3.05) is 38.6 Å². The van der Waals surface area contributed by atoms with E-state index in [0.717, 1.165) is 31.4 Å². The molecule has 0 radical (unpaired) electrons. The smallest absolute Gasteiger partial charge is 0.315 e. The summed E-state index contributed by atoms with van der Waals surface area (Å²) in [6.45, 7) is 5.09. The van der Waals surface area contributed by atoms with Gasteiger partial charge in [-0.05, 0) is 19.3 Å². The van der Waals surface area contributed by atoms with Gasteiger partial charge in [-0.15, -0.1) is 0 Å². The number of ether oxygens (including phenoxy) is 1. The quantitative estimate of drug-likeness (QED) is 0.217. The van der Waals surface area contributed by atoms with E-state index in [1.807, 2.05) is 18.7 Å². The molecule has 0 spiro atoms. The predicted octanol–water partition coefficient (Wildman–Crippen LogP) is 1.19. The largest absolute Gasteiger partial charge is 0.380 e. The normalized spacial score (nSPS) is 22.8. The molecule has 2 saturated heterocycles. The minimum Gasteiger partial charge on any atom is -0.380 e. The molecule has 4 N–H and O–H groups in total. The van der Waals surface area contributed by atoms with Crippen molar-refractivity contribution in [2.24, 2.45) is 0 Å². The second-order valence-electron chi connectivity index (χ2n) is 7.62. The van der Waals surface area contributed by atoms with Crippen LogP contribution in [0.2, 0.25) is 0 Å². The van der Waals surface area contributed by atoms with Crippen LogP contribution in [0.3, 0.4) is 0 Å². The van der Waals surface area contributed by atoms with Crippen molar-refractivity contribution >= 4 is 29.5 Å². The van der Waals surface area contributed by atoms with Gasteiger partial charge in [0.25, 0.3) is 0 Å². The molecule has 3 amide bonds. The number of nitrogens with one attached hydrogen (secondary N) is 4. The number of unbranched alkanes of at least 4 members (excludes halogenated alkanes) is 1. The first-order chi connectivity index (χ1) is 14.1. The number of carbonyl (C=O) groups excluding carboxylic acids is 3. The highest BCUT2D eigenvalue weighted by atomic mass is 32.2. The fraction of sp³-hybridized carbons (Fsp3) is 0.850. The summed E-state index contributed by atoms with van der Waals surface area (Å²) in [6, 6.07) is 0.461. The van der Waals surface area contributed by atoms with Gasteiger partial charge in [-0.3, -0.25) is 9.59 Å². The van der Waals surface area contributed by atoms with Crippen LogP contribution in [0.1, 0.15) is 51.9 Å². The summed E-state index contributed by atoms with van der Waals surface area (Å²) in [7, 11) is 0. The summed E-state index contributed by atoms with van der Waals surface area (Å²) in [4.78, 5) is 34.6. The number of ketones is 1. The SMILES string of the molecule is CCCC(=O)CCOCCNCCNC(=O)CCCC[C@@H]1SC[C@@H]2NC(=O)N[C@@H]21. The zero-order valence-corrected chi connectivity index (χ0v) is 18.3. The lowest BCUT2D eigenvalue weighted by molar-refractivity contribution is -0.121. The van der Waals surface area contributed by atoms with E-state index < -0.39 is 0 Å². The lowest BCUT2D eigenvalue weighted by Crippen LogP contribution is -2.36. The number of amides is 3. The summed E-state index contributed by atoms with van der Waals surface area (Å²) < 4.78 is 5.42. The average Bonchev–Trinajstić information content (AvgIpc) is 3.23. The third-order valence-electron chi connectivity index (χ3n) is 5.18. The van der Waals surface area contributed by atoms with Crippen LogP contribution in [0, 0.1) is 0 Å². The first kappa shape index (κ1) is 24.0. The summed E-state index contributed by atoms with van der Waals surface area (Å²) in [5, 5.41) is 12.5. The Morgan fingerprint density at radius 2 is 1.97 bits per heavy atom. The number of rotatable bonds is 16. The molecule has 0 aliphatic carbocycles. The van der Waals surface area contributed by atoms with Gasteiger partial charge in [-0.2, -0.15) is 11.8 Å². The maximum absolute atomic E-state index is 11.9. The van der Waals surface area contributed by atoms with Crippen molar-refractivity contribution in [2.45, 2.75) is 69.2 Å². The predicted molar refractivity (Wildman–Crippen MR) is 115 cm³/mol. The highest BCUT2D eigenvalue weighted by molar-refractivity contribution is 8.00. The Morgan fingerprint density at radius 1 is 1.10 bits per heavy atom. The molecule has 0 bridgehead atoms. The van der Waals surface area contributed by atoms with E-state index in [4.69, 9.17) is 4.74 Å². The Hall–Kier alpha value is -1.32. The van der Waals surface area contributed by atoms with Crippen LogP contribution >= 0.6 is 11.8 Å². The molecule has 2 rings (SSSR count). The third-order valence-corrected chi connectivity index (χ3v) is 6.69. The molecule has 2 fully saturated rings. The number of thioether (sulfide) groups is 1. The first-order valence-corrected chi connectivity index (χ1v) is 11.9. The molecule has 3 atom stereocenters. The zero-order valence-electron chi connectivity index (χ0n) is 17.5. The second kappa shape index (κ2) is 13.8. The van der Waals surface area contributed by atoms with E-state index in [2.05, 4.69) is 21.3 Å². The van der Waals surface area contributed by atoms with Gasteiger partial charge in [0.1, 0.15) is 5.78 Å². The highest BCUT2D eigenvalue weighted by Gasteiger charge is 2.42. The van der Waals surface area contributed by atoms with Crippen molar-refractivity contribution in [1.82, 2.24) is 21.3 Å². The van der Waals surface area contributed by atoms with Crippen molar-refractivity contribution in [1.29, 1.82) is 0 Å². The number of hydrogen-bond acceptors (Lipinski definition) is 6. The zero-order chi connectivity index (χ0) is 20.9. The summed E-state index contributed by atoms with van der Waals surface area (Å²) >= 11 is 1.91. The average molecular weight is 429 g/mol. The first-order valence-electron chi connectivity index (χ1n) is 10.9. The van der Waals surface area contributed by atoms with Crippen LogP contribution in [-0.2, 0) is 14.3 Å². The van der Waals surface area contributed by atoms with Gasteiger partial charge in [-0.1, -0.05) is 13.3 Å². The molecule has 0 aromatic carbocycles. The van der Waals surface area contributed by atoms with E-state index >= 15 is 0 Å². The lowest BCUT2D eigenvalue weighted by atomic mass is 10.0. The molecule has 0 aromatic rings. The van der Waals surface area contributed by atoms with Crippen LogP contribution < -0.4 is 21.3 Å². The standard InChI is InChI=1S/C20H36N4O4S/c1-2-5-15(25)8-12-28-13-11-21-9-10-22-18(26)7-4-3-6-17-19-16(14-29-17)23-20(27)24-19/h16-17,19,21H,2-14H2,1H3,(H,22,26)(H2,23,24,27)/t16-,17-,19-/m0/s1. The molecule has 29 heavy (non-hydrogen) atoms. The molecular weight excluding hydrogens is 392 g/mol. The van der Waals surface area contributed by atoms with Gasteiger partial charge in [0.05, 0.1) is 25.3 Å². The van der Waals surface area contributed by atoms with Gasteiger partial charge in [0, 0.05) is 49.9 Å². The number of urea groups is 1. The Bertz CT molecular complexity index is 535. The van der Waals surface area contributed by atoms with E-state index in [1.165, 1.54) is 0 Å². The van der Waals surface area contributed by atoms with Crippen LogP contribution in [-0.4, -0.2) is 73.7 Å². The molecule has 9 heteroatoms. The molecule has 2 aliphatic heterocycles. The van der Waals surface area contributed by atoms with Gasteiger partial charge < -0.3 is 26.0 Å². The number of hydrogen-bond donors (Lipinski definition) is 4.